The van der Waals surface area contributed by atoms with E-state index in [4.69, 9.17) is 0 Å². The third kappa shape index (κ3) is 3.16. The van der Waals surface area contributed by atoms with Crippen molar-refractivity contribution in [3.8, 4) is 0 Å². The second-order valence-electron chi connectivity index (χ2n) is 9.24. The van der Waals surface area contributed by atoms with Crippen LogP contribution in [0.5, 0.6) is 0 Å². The smallest absolute Gasteiger partial charge is 0.197 e. The summed E-state index contributed by atoms with van der Waals surface area (Å²) in [6, 6.07) is 24.2. The maximum Gasteiger partial charge on any atom is 0.197 e. The van der Waals surface area contributed by atoms with E-state index in [0.29, 0.717) is 11.1 Å². The molecule has 4 aromatic rings. The fraction of sp³-hybridized carbons (Fsp3) is 0.161. The van der Waals surface area contributed by atoms with Gasteiger partial charge in [-0.15, -0.1) is 11.3 Å². The number of carbonyl (C=O) groups is 2. The monoisotopic (exact) mass is 493 g/mol. The first-order valence-electron chi connectivity index (χ1n) is 12.2. The molecule has 0 amide bonds. The van der Waals surface area contributed by atoms with Gasteiger partial charge in [0.15, 0.2) is 11.6 Å². The van der Waals surface area contributed by atoms with Gasteiger partial charge in [0.05, 0.1) is 16.9 Å². The summed E-state index contributed by atoms with van der Waals surface area (Å²) in [4.78, 5) is 28.7. The molecule has 0 saturated heterocycles. The first kappa shape index (κ1) is 22.6. The number of hydrogen-bond acceptors (Lipinski definition) is 4. The van der Waals surface area contributed by atoms with Crippen molar-refractivity contribution in [2.75, 3.05) is 4.90 Å². The van der Waals surface area contributed by atoms with Crippen molar-refractivity contribution in [1.29, 1.82) is 0 Å². The topological polar surface area (TPSA) is 37.4 Å². The van der Waals surface area contributed by atoms with Crippen molar-refractivity contribution in [1.82, 2.24) is 0 Å². The van der Waals surface area contributed by atoms with Crippen LogP contribution in [0.4, 0.5) is 20.8 Å². The standard InChI is InChI=1S/C31H24FNO2S/c1-3-31(4-2)24-11-7-8-12-26(24)33(27-17-19(32)13-15-25(27)31)28-16-14-20(36-28)18-23-29(34)21-9-5-6-10-22(21)30(23)35/h5-18H,3-4H2,1-2H3. The Kier molecular flexibility index (Phi) is 5.27. The fourth-order valence-corrected chi connectivity index (χ4v) is 6.76. The fourth-order valence-electron chi connectivity index (χ4n) is 5.78. The molecular weight excluding hydrogens is 469 g/mol. The molecule has 0 N–H and O–H groups in total. The zero-order valence-corrected chi connectivity index (χ0v) is 20.9. The van der Waals surface area contributed by atoms with Gasteiger partial charge in [0.1, 0.15) is 10.8 Å². The van der Waals surface area contributed by atoms with Gasteiger partial charge >= 0.3 is 0 Å². The molecule has 3 nitrogen and oxygen atoms in total. The molecular formula is C31H24FNO2S. The number of halogens is 1. The van der Waals surface area contributed by atoms with Crippen molar-refractivity contribution < 1.29 is 14.0 Å². The predicted octanol–water partition coefficient (Wildman–Crippen LogP) is 8.24. The Morgan fingerprint density at radius 2 is 1.44 bits per heavy atom. The predicted molar refractivity (Wildman–Crippen MR) is 143 cm³/mol. The van der Waals surface area contributed by atoms with Crippen LogP contribution in [0.2, 0.25) is 0 Å². The summed E-state index contributed by atoms with van der Waals surface area (Å²) in [7, 11) is 0. The van der Waals surface area contributed by atoms with E-state index in [1.165, 1.54) is 16.9 Å². The molecule has 1 aliphatic carbocycles. The minimum atomic E-state index is -0.280. The van der Waals surface area contributed by atoms with Crippen LogP contribution in [0.15, 0.2) is 84.4 Å². The molecule has 36 heavy (non-hydrogen) atoms. The van der Waals surface area contributed by atoms with Crippen LogP contribution in [0.1, 0.15) is 63.4 Å². The number of rotatable bonds is 4. The average molecular weight is 494 g/mol. The van der Waals surface area contributed by atoms with E-state index in [1.807, 2.05) is 24.3 Å². The van der Waals surface area contributed by atoms with Gasteiger partial charge in [-0.05, 0) is 60.4 Å². The highest BCUT2D eigenvalue weighted by Crippen LogP contribution is 2.55. The lowest BCUT2D eigenvalue weighted by Crippen LogP contribution is -2.34. The van der Waals surface area contributed by atoms with Gasteiger partial charge in [-0.1, -0.05) is 62.4 Å². The minimum Gasteiger partial charge on any atom is -0.301 e. The van der Waals surface area contributed by atoms with E-state index in [0.717, 1.165) is 39.7 Å². The number of allylic oxidation sites excluding steroid dienone is 1. The number of fused-ring (bicyclic) bond motifs is 3. The summed E-state index contributed by atoms with van der Waals surface area (Å²) in [6.45, 7) is 4.37. The van der Waals surface area contributed by atoms with Crippen molar-refractivity contribution in [2.45, 2.75) is 32.1 Å². The van der Waals surface area contributed by atoms with E-state index in [-0.39, 0.29) is 28.4 Å². The Bertz CT molecular complexity index is 1540. The zero-order valence-electron chi connectivity index (χ0n) is 20.0. The summed E-state index contributed by atoms with van der Waals surface area (Å²) < 4.78 is 14.6. The molecule has 5 heteroatoms. The van der Waals surface area contributed by atoms with Gasteiger partial charge in [-0.2, -0.15) is 0 Å². The number of ketones is 2. The van der Waals surface area contributed by atoms with Gasteiger partial charge in [0.2, 0.25) is 0 Å². The molecule has 0 unspecified atom stereocenters. The van der Waals surface area contributed by atoms with E-state index in [1.54, 1.807) is 42.5 Å². The highest BCUT2D eigenvalue weighted by atomic mass is 32.1. The van der Waals surface area contributed by atoms with Crippen LogP contribution in [0.3, 0.4) is 0 Å². The maximum absolute atomic E-state index is 14.6. The zero-order chi connectivity index (χ0) is 25.0. The SMILES string of the molecule is CCC1(CC)c2ccccc2N(c2ccc(C=C3C(=O)c4ccccc4C3=O)s2)c2cc(F)ccc21. The molecule has 0 fully saturated rings. The number of benzene rings is 3. The lowest BCUT2D eigenvalue weighted by Gasteiger charge is -2.44. The Morgan fingerprint density at radius 3 is 2.14 bits per heavy atom. The second kappa shape index (κ2) is 8.38. The van der Waals surface area contributed by atoms with E-state index in [9.17, 15) is 14.0 Å². The number of carbonyl (C=O) groups excluding carboxylic acids is 2. The molecule has 0 saturated carbocycles. The number of nitrogens with zero attached hydrogens (tertiary/aromatic N) is 1. The molecule has 0 spiro atoms. The largest absolute Gasteiger partial charge is 0.301 e. The number of para-hydroxylation sites is 1. The summed E-state index contributed by atoms with van der Waals surface area (Å²) in [5.74, 6) is -0.757. The number of hydrogen-bond donors (Lipinski definition) is 0. The number of Topliss-reactive ketones (excluding diaryl/α,β-unsaturated/α-hetero) is 2. The Morgan fingerprint density at radius 1 is 0.806 bits per heavy atom. The second-order valence-corrected chi connectivity index (χ2v) is 10.3. The molecule has 2 aliphatic rings. The van der Waals surface area contributed by atoms with Gasteiger partial charge in [-0.25, -0.2) is 4.39 Å². The normalized spacial score (nSPS) is 15.5. The first-order valence-corrected chi connectivity index (χ1v) is 13.0. The Balaban J connectivity index is 1.48. The minimum absolute atomic E-state index is 0.186. The maximum atomic E-state index is 14.6. The molecule has 1 aliphatic heterocycles. The summed E-state index contributed by atoms with van der Waals surface area (Å²) in [5.41, 5.74) is 5.08. The quantitative estimate of drug-likeness (QED) is 0.212. The Hall–Kier alpha value is -3.83. The van der Waals surface area contributed by atoms with Gasteiger partial charge < -0.3 is 4.90 Å². The number of anilines is 3. The van der Waals surface area contributed by atoms with Gasteiger partial charge in [0.25, 0.3) is 0 Å². The van der Waals surface area contributed by atoms with Crippen LogP contribution in [0.25, 0.3) is 6.08 Å². The molecule has 178 valence electrons. The highest BCUT2D eigenvalue weighted by Gasteiger charge is 2.41. The number of thiophene rings is 1. The van der Waals surface area contributed by atoms with Gasteiger partial charge in [-0.3, -0.25) is 9.59 Å². The van der Waals surface area contributed by atoms with Crippen molar-refractivity contribution >= 4 is 45.4 Å². The molecule has 6 rings (SSSR count). The van der Waals surface area contributed by atoms with E-state index < -0.39 is 0 Å². The average Bonchev–Trinajstić information content (AvgIpc) is 3.46. The molecule has 0 atom stereocenters. The Labute approximate surface area is 213 Å². The molecule has 3 aromatic carbocycles. The lowest BCUT2D eigenvalue weighted by molar-refractivity contribution is 0.0990. The lowest BCUT2D eigenvalue weighted by atomic mass is 9.67. The van der Waals surface area contributed by atoms with Crippen LogP contribution >= 0.6 is 11.3 Å². The first-order chi connectivity index (χ1) is 17.5. The molecule has 2 heterocycles. The molecule has 0 bridgehead atoms. The summed E-state index contributed by atoms with van der Waals surface area (Å²) in [6.07, 6.45) is 3.49. The molecule has 0 radical (unpaired) electrons. The summed E-state index contributed by atoms with van der Waals surface area (Å²) in [5, 5.41) is 0.900. The van der Waals surface area contributed by atoms with E-state index >= 15 is 0 Å². The van der Waals surface area contributed by atoms with Crippen molar-refractivity contribution in [3.63, 3.8) is 0 Å². The van der Waals surface area contributed by atoms with Crippen LogP contribution in [-0.2, 0) is 5.41 Å². The van der Waals surface area contributed by atoms with E-state index in [2.05, 4.69) is 36.9 Å². The van der Waals surface area contributed by atoms with Crippen LogP contribution < -0.4 is 4.90 Å². The van der Waals surface area contributed by atoms with Crippen LogP contribution in [-0.4, -0.2) is 11.6 Å². The summed E-state index contributed by atoms with van der Waals surface area (Å²) >= 11 is 1.48. The molecule has 1 aromatic heterocycles. The third-order valence-corrected chi connectivity index (χ3v) is 8.63. The van der Waals surface area contributed by atoms with Crippen LogP contribution in [0, 0.1) is 5.82 Å². The van der Waals surface area contributed by atoms with Crippen molar-refractivity contribution in [2.24, 2.45) is 0 Å². The van der Waals surface area contributed by atoms with Crippen molar-refractivity contribution in [3.05, 3.63) is 117 Å². The third-order valence-electron chi connectivity index (χ3n) is 7.61. The highest BCUT2D eigenvalue weighted by molar-refractivity contribution is 7.17. The van der Waals surface area contributed by atoms with Gasteiger partial charge in [0, 0.05) is 21.4 Å².